The molecule has 0 bridgehead atoms. The summed E-state index contributed by atoms with van der Waals surface area (Å²) in [5.74, 6) is 2.77. The Hall–Kier alpha value is -2.32. The second kappa shape index (κ2) is 9.04. The molecule has 3 aliphatic rings. The third-order valence-corrected chi connectivity index (χ3v) is 6.95. The number of fused-ring (bicyclic) bond motifs is 2. The van der Waals surface area contributed by atoms with Gasteiger partial charge in [-0.2, -0.15) is 4.98 Å². The zero-order valence-corrected chi connectivity index (χ0v) is 18.7. The van der Waals surface area contributed by atoms with Crippen molar-refractivity contribution in [1.29, 1.82) is 0 Å². The van der Waals surface area contributed by atoms with Crippen LogP contribution in [0.4, 0.5) is 6.01 Å². The lowest BCUT2D eigenvalue weighted by Crippen LogP contribution is -2.43. The molecular formula is C22H29ClN4O4. The summed E-state index contributed by atoms with van der Waals surface area (Å²) >= 11 is 6.03. The molecule has 2 aliphatic heterocycles. The van der Waals surface area contributed by atoms with Crippen molar-refractivity contribution >= 4 is 41.1 Å². The van der Waals surface area contributed by atoms with Gasteiger partial charge in [-0.1, -0.05) is 11.6 Å². The molecule has 1 aromatic carbocycles. The molecule has 3 heterocycles. The third kappa shape index (κ3) is 4.65. The normalized spacial score (nSPS) is 25.4. The average molecular weight is 449 g/mol. The van der Waals surface area contributed by atoms with Gasteiger partial charge in [-0.05, 0) is 56.8 Å². The number of aromatic nitrogens is 1. The number of anilines is 1. The van der Waals surface area contributed by atoms with Gasteiger partial charge in [-0.15, -0.1) is 0 Å². The Labute approximate surface area is 186 Å². The van der Waals surface area contributed by atoms with Crippen LogP contribution in [0, 0.1) is 23.7 Å². The number of hydrogen-bond acceptors (Lipinski definition) is 6. The number of likely N-dealkylation sites (tertiary alicyclic amines) is 1. The predicted octanol–water partition coefficient (Wildman–Crippen LogP) is 2.66. The zero-order chi connectivity index (χ0) is 22.1. The first-order valence-electron chi connectivity index (χ1n) is 10.7. The zero-order valence-electron chi connectivity index (χ0n) is 17.9. The largest absolute Gasteiger partial charge is 0.483 e. The molecule has 1 unspecified atom stereocenters. The minimum atomic E-state index is -0.250. The first-order chi connectivity index (χ1) is 14.9. The summed E-state index contributed by atoms with van der Waals surface area (Å²) in [6.07, 6.45) is 1.73. The number of hydrogen-bond donors (Lipinski definition) is 1. The molecule has 1 aliphatic carbocycles. The number of rotatable bonds is 4. The van der Waals surface area contributed by atoms with Gasteiger partial charge in [0.05, 0.1) is 0 Å². The van der Waals surface area contributed by atoms with Crippen molar-refractivity contribution in [1.82, 2.24) is 14.8 Å². The second-order valence-electron chi connectivity index (χ2n) is 8.97. The van der Waals surface area contributed by atoms with Gasteiger partial charge in [0.1, 0.15) is 5.52 Å². The van der Waals surface area contributed by atoms with Gasteiger partial charge < -0.3 is 24.2 Å². The van der Waals surface area contributed by atoms with E-state index in [1.54, 1.807) is 6.07 Å². The van der Waals surface area contributed by atoms with Gasteiger partial charge in [-0.25, -0.2) is 0 Å². The Morgan fingerprint density at radius 1 is 1.29 bits per heavy atom. The fourth-order valence-corrected chi connectivity index (χ4v) is 5.28. The van der Waals surface area contributed by atoms with E-state index < -0.39 is 0 Å². The summed E-state index contributed by atoms with van der Waals surface area (Å²) in [6.45, 7) is 4.45. The first kappa shape index (κ1) is 21.9. The highest BCUT2D eigenvalue weighted by atomic mass is 35.5. The summed E-state index contributed by atoms with van der Waals surface area (Å²) in [4.78, 5) is 32.4. The number of carbonyl (C=O) groups is 2. The van der Waals surface area contributed by atoms with Crippen LogP contribution in [0.1, 0.15) is 12.8 Å². The molecule has 1 N–H and O–H groups in total. The van der Waals surface area contributed by atoms with Crippen LogP contribution < -0.4 is 4.90 Å². The lowest BCUT2D eigenvalue weighted by molar-refractivity contribution is -0.135. The first-order valence-corrected chi connectivity index (χ1v) is 11.1. The third-order valence-electron chi connectivity index (χ3n) is 6.71. The van der Waals surface area contributed by atoms with Gasteiger partial charge in [-0.3, -0.25) is 9.59 Å². The molecule has 3 fully saturated rings. The standard InChI is InChI=1S/C21H27ClN4O2.CH2O2/c1-24(2)10-15-16-11-26(12-17(15)16)20(27)13-5-7-25(8-6-13)21-23-18-4-3-14(22)9-19(18)28-21;2-1-3/h3-4,9,13,15-17H,5-8,10-12H2,1-2H3;1H,(H,2,3)/t15?,16-,17+;. The highest BCUT2D eigenvalue weighted by Crippen LogP contribution is 2.52. The summed E-state index contributed by atoms with van der Waals surface area (Å²) in [5.41, 5.74) is 1.53. The summed E-state index contributed by atoms with van der Waals surface area (Å²) in [5, 5.41) is 7.54. The van der Waals surface area contributed by atoms with Gasteiger partial charge in [0.2, 0.25) is 5.91 Å². The van der Waals surface area contributed by atoms with Crippen molar-refractivity contribution in [2.75, 3.05) is 51.7 Å². The summed E-state index contributed by atoms with van der Waals surface area (Å²) in [6, 6.07) is 6.14. The Morgan fingerprint density at radius 3 is 2.55 bits per heavy atom. The van der Waals surface area contributed by atoms with Crippen molar-refractivity contribution in [2.24, 2.45) is 23.7 Å². The van der Waals surface area contributed by atoms with E-state index in [-0.39, 0.29) is 12.4 Å². The van der Waals surface area contributed by atoms with E-state index in [1.807, 2.05) is 12.1 Å². The molecule has 9 heteroatoms. The van der Waals surface area contributed by atoms with E-state index in [0.29, 0.717) is 22.5 Å². The van der Waals surface area contributed by atoms with Gasteiger partial charge >= 0.3 is 0 Å². The Kier molecular flexibility index (Phi) is 6.39. The Balaban J connectivity index is 0.000000730. The second-order valence-corrected chi connectivity index (χ2v) is 9.41. The Morgan fingerprint density at radius 2 is 1.94 bits per heavy atom. The molecule has 1 amide bonds. The van der Waals surface area contributed by atoms with Gasteiger partial charge in [0.25, 0.3) is 12.5 Å². The molecule has 31 heavy (non-hydrogen) atoms. The van der Waals surface area contributed by atoms with Crippen molar-refractivity contribution in [3.05, 3.63) is 23.2 Å². The van der Waals surface area contributed by atoms with Crippen LogP contribution in [0.15, 0.2) is 22.6 Å². The van der Waals surface area contributed by atoms with Crippen LogP contribution >= 0.6 is 11.6 Å². The van der Waals surface area contributed by atoms with Gasteiger partial charge in [0, 0.05) is 49.7 Å². The molecule has 168 valence electrons. The Bertz CT molecular complexity index is 929. The fraction of sp³-hybridized carbons (Fsp3) is 0.591. The van der Waals surface area contributed by atoms with E-state index in [9.17, 15) is 4.79 Å². The topological polar surface area (TPSA) is 90.1 Å². The molecule has 0 spiro atoms. The summed E-state index contributed by atoms with van der Waals surface area (Å²) < 4.78 is 5.88. The van der Waals surface area contributed by atoms with Crippen LogP contribution in [-0.4, -0.2) is 79.1 Å². The molecule has 2 saturated heterocycles. The van der Waals surface area contributed by atoms with E-state index >= 15 is 0 Å². The minimum Gasteiger partial charge on any atom is -0.483 e. The van der Waals surface area contributed by atoms with Crippen LogP contribution in [0.5, 0.6) is 0 Å². The molecule has 5 rings (SSSR count). The van der Waals surface area contributed by atoms with Crippen molar-refractivity contribution < 1.29 is 19.1 Å². The number of oxazole rings is 1. The smallest absolute Gasteiger partial charge is 0.298 e. The van der Waals surface area contributed by atoms with Crippen molar-refractivity contribution in [3.63, 3.8) is 0 Å². The van der Waals surface area contributed by atoms with E-state index in [1.165, 1.54) is 0 Å². The SMILES string of the molecule is CN(C)CC1[C@H]2CN(C(=O)C3CCN(c4nc5ccc(Cl)cc5o4)CC3)C[C@@H]12.O=CO. The van der Waals surface area contributed by atoms with E-state index in [0.717, 1.165) is 68.8 Å². The average Bonchev–Trinajstić information content (AvgIpc) is 3.12. The van der Waals surface area contributed by atoms with Crippen LogP contribution in [0.3, 0.4) is 0 Å². The number of carboxylic acid groups (broad SMARTS) is 1. The van der Waals surface area contributed by atoms with E-state index in [2.05, 4.69) is 33.8 Å². The maximum atomic E-state index is 13.0. The predicted molar refractivity (Wildman–Crippen MR) is 118 cm³/mol. The number of nitrogens with zero attached hydrogens (tertiary/aromatic N) is 4. The number of benzene rings is 1. The minimum absolute atomic E-state index is 0.139. The molecule has 2 aromatic rings. The van der Waals surface area contributed by atoms with Crippen LogP contribution in [-0.2, 0) is 9.59 Å². The lowest BCUT2D eigenvalue weighted by Gasteiger charge is -2.33. The quantitative estimate of drug-likeness (QED) is 0.719. The highest BCUT2D eigenvalue weighted by molar-refractivity contribution is 6.31. The number of amides is 1. The molecule has 8 nitrogen and oxygen atoms in total. The molecule has 3 atom stereocenters. The molecular weight excluding hydrogens is 420 g/mol. The number of halogens is 1. The monoisotopic (exact) mass is 448 g/mol. The summed E-state index contributed by atoms with van der Waals surface area (Å²) in [7, 11) is 4.27. The lowest BCUT2D eigenvalue weighted by atomic mass is 9.95. The number of carbonyl (C=O) groups excluding carboxylic acids is 1. The van der Waals surface area contributed by atoms with Crippen LogP contribution in [0.2, 0.25) is 5.02 Å². The maximum Gasteiger partial charge on any atom is 0.298 e. The molecule has 0 radical (unpaired) electrons. The van der Waals surface area contributed by atoms with E-state index in [4.69, 9.17) is 25.9 Å². The highest BCUT2D eigenvalue weighted by Gasteiger charge is 2.56. The number of piperidine rings is 2. The molecule has 1 saturated carbocycles. The molecule has 1 aromatic heterocycles. The maximum absolute atomic E-state index is 13.0. The van der Waals surface area contributed by atoms with Crippen molar-refractivity contribution in [2.45, 2.75) is 12.8 Å². The van der Waals surface area contributed by atoms with Crippen molar-refractivity contribution in [3.8, 4) is 0 Å². The van der Waals surface area contributed by atoms with Gasteiger partial charge in [0.15, 0.2) is 5.58 Å². The van der Waals surface area contributed by atoms with Crippen LogP contribution in [0.25, 0.3) is 11.1 Å². The fourth-order valence-electron chi connectivity index (χ4n) is 5.12.